The van der Waals surface area contributed by atoms with Crippen molar-refractivity contribution in [3.8, 4) is 55.6 Å². The average molecular weight is 1310 g/mol. The Morgan fingerprint density at radius 2 is 0.583 bits per heavy atom. The number of rotatable bonds is 9. The van der Waals surface area contributed by atoms with E-state index in [4.69, 9.17) is 8.83 Å². The van der Waals surface area contributed by atoms with Crippen molar-refractivity contribution in [2.45, 2.75) is 10.8 Å². The molecule has 5 heteroatoms. The molecule has 2 aromatic heterocycles. The molecule has 2 aliphatic carbocycles. The highest BCUT2D eigenvalue weighted by molar-refractivity contribution is 7.01. The molecular weight excluding hydrogens is 1250 g/mol. The molecule has 4 heterocycles. The van der Waals surface area contributed by atoms with Crippen molar-refractivity contribution in [3.63, 3.8) is 0 Å². The molecule has 0 saturated heterocycles. The van der Waals surface area contributed by atoms with Crippen LogP contribution in [0.1, 0.15) is 44.5 Å². The van der Waals surface area contributed by atoms with Gasteiger partial charge in [0, 0.05) is 44.0 Å². The average Bonchev–Trinajstić information content (AvgIpc) is 1.26. The third-order valence-electron chi connectivity index (χ3n) is 23.0. The van der Waals surface area contributed by atoms with Gasteiger partial charge in [0.1, 0.15) is 11.2 Å². The van der Waals surface area contributed by atoms with Crippen LogP contribution in [0.15, 0.2) is 379 Å². The highest BCUT2D eigenvalue weighted by atomic mass is 16.3. The van der Waals surface area contributed by atoms with Crippen LogP contribution in [0.25, 0.3) is 99.5 Å². The molecule has 103 heavy (non-hydrogen) atoms. The van der Waals surface area contributed by atoms with Crippen LogP contribution in [0.4, 0.5) is 34.1 Å². The minimum atomic E-state index is -0.607. The van der Waals surface area contributed by atoms with Crippen LogP contribution in [-0.4, -0.2) is 6.71 Å². The second-order valence-electron chi connectivity index (χ2n) is 28.0. The topological polar surface area (TPSA) is 32.8 Å². The third-order valence-corrected chi connectivity index (χ3v) is 23.0. The van der Waals surface area contributed by atoms with Crippen LogP contribution in [0.3, 0.4) is 0 Å². The molecule has 22 rings (SSSR count). The van der Waals surface area contributed by atoms with Crippen LogP contribution >= 0.6 is 0 Å². The van der Waals surface area contributed by atoms with Crippen molar-refractivity contribution < 1.29 is 8.83 Å². The fraction of sp³-hybridized carbons (Fsp3) is 0.0204. The summed E-state index contributed by atoms with van der Waals surface area (Å²) in [5.74, 6) is 0. The summed E-state index contributed by atoms with van der Waals surface area (Å²) in [4.78, 5) is 5.17. The molecule has 0 N–H and O–H groups in total. The molecule has 0 spiro atoms. The lowest BCUT2D eigenvalue weighted by Gasteiger charge is -2.45. The first-order valence-corrected chi connectivity index (χ1v) is 35.7. The second kappa shape index (κ2) is 22.1. The van der Waals surface area contributed by atoms with Gasteiger partial charge in [-0.1, -0.05) is 322 Å². The van der Waals surface area contributed by atoms with Gasteiger partial charge >= 0.3 is 0 Å². The van der Waals surface area contributed by atoms with Crippen LogP contribution in [0.5, 0.6) is 0 Å². The Labute approximate surface area is 597 Å². The quantitative estimate of drug-likeness (QED) is 0.135. The first-order valence-electron chi connectivity index (χ1n) is 35.7. The summed E-state index contributed by atoms with van der Waals surface area (Å²) in [7, 11) is 0. The molecule has 0 fully saturated rings. The molecular formula is C98H61BN2O2. The molecule has 4 aliphatic rings. The zero-order chi connectivity index (χ0) is 67.5. The summed E-state index contributed by atoms with van der Waals surface area (Å²) in [6.07, 6.45) is 0. The van der Waals surface area contributed by atoms with E-state index in [1.54, 1.807) is 0 Å². The summed E-state index contributed by atoms with van der Waals surface area (Å²) in [5, 5.41) is 4.27. The van der Waals surface area contributed by atoms with Gasteiger partial charge < -0.3 is 18.6 Å². The molecule has 2 aliphatic heterocycles. The van der Waals surface area contributed by atoms with Crippen molar-refractivity contribution in [1.82, 2.24) is 0 Å². The molecule has 478 valence electrons. The molecule has 0 atom stereocenters. The van der Waals surface area contributed by atoms with Gasteiger partial charge in [-0.25, -0.2) is 0 Å². The van der Waals surface area contributed by atoms with Crippen molar-refractivity contribution in [2.75, 3.05) is 9.80 Å². The number of hydrogen-bond donors (Lipinski definition) is 0. The maximum Gasteiger partial charge on any atom is 0.252 e. The number of fused-ring (bicyclic) bond motifs is 18. The Morgan fingerprint density at radius 1 is 0.233 bits per heavy atom. The van der Waals surface area contributed by atoms with Crippen LogP contribution in [0, 0.1) is 0 Å². The van der Waals surface area contributed by atoms with Crippen molar-refractivity contribution in [3.05, 3.63) is 415 Å². The van der Waals surface area contributed by atoms with Crippen molar-refractivity contribution in [1.29, 1.82) is 0 Å². The zero-order valence-electron chi connectivity index (χ0n) is 56.0. The van der Waals surface area contributed by atoms with Crippen LogP contribution in [0.2, 0.25) is 0 Å². The van der Waals surface area contributed by atoms with E-state index in [1.165, 1.54) is 72.2 Å². The highest BCUT2D eigenvalue weighted by Gasteiger charge is 2.50. The second-order valence-corrected chi connectivity index (χ2v) is 28.0. The molecule has 0 bridgehead atoms. The van der Waals surface area contributed by atoms with Crippen LogP contribution in [-0.2, 0) is 10.8 Å². The first kappa shape index (κ1) is 57.7. The van der Waals surface area contributed by atoms with Gasteiger partial charge in [-0.2, -0.15) is 0 Å². The van der Waals surface area contributed by atoms with E-state index in [9.17, 15) is 0 Å². The fourth-order valence-corrected chi connectivity index (χ4v) is 18.9. The molecule has 16 aromatic carbocycles. The zero-order valence-corrected chi connectivity index (χ0v) is 56.0. The van der Waals surface area contributed by atoms with Crippen LogP contribution < -0.4 is 26.2 Å². The predicted molar refractivity (Wildman–Crippen MR) is 426 cm³/mol. The summed E-state index contributed by atoms with van der Waals surface area (Å²) in [6, 6.07) is 138. The van der Waals surface area contributed by atoms with Gasteiger partial charge in [-0.3, -0.25) is 0 Å². The van der Waals surface area contributed by atoms with E-state index in [-0.39, 0.29) is 6.71 Å². The van der Waals surface area contributed by atoms with Gasteiger partial charge in [-0.15, -0.1) is 0 Å². The summed E-state index contributed by atoms with van der Waals surface area (Å²) in [5.41, 5.74) is 33.4. The van der Waals surface area contributed by atoms with E-state index in [0.29, 0.717) is 0 Å². The lowest BCUT2D eigenvalue weighted by atomic mass is 9.33. The van der Waals surface area contributed by atoms with Crippen molar-refractivity contribution in [2.24, 2.45) is 0 Å². The van der Waals surface area contributed by atoms with Gasteiger partial charge in [-0.05, 0) is 154 Å². The number of hydrogen-bond acceptors (Lipinski definition) is 4. The Kier molecular flexibility index (Phi) is 12.4. The minimum Gasteiger partial charge on any atom is -0.454 e. The normalized spacial score (nSPS) is 13.9. The molecule has 0 unspecified atom stereocenters. The largest absolute Gasteiger partial charge is 0.454 e. The number of nitrogens with zero attached hydrogens (tertiary/aromatic N) is 2. The van der Waals surface area contributed by atoms with Gasteiger partial charge in [0.2, 0.25) is 0 Å². The highest BCUT2D eigenvalue weighted by Crippen LogP contribution is 2.61. The SMILES string of the molecule is c1ccc(-c2cc3c4c(c2)N(c2ccccc2-c2ccc5c(c2)C(c2ccccc2)(c2ccccc2)c2ccccc2-5)c2c(ccc5c2oc2ccccc25)B4c2ccc4c(oc5ccccc54)c2N3c2ccccc2-c2ccc3c(c2)C(c2ccccc2)(c2ccccc2)c2ccccc2-3)cc1. The monoisotopic (exact) mass is 1310 g/mol. The maximum absolute atomic E-state index is 7.45. The standard InChI is InChI=1S/C98H61BN2O2/c1-6-28-62(29-7-1)65-60-88-92-89(61-65)101(87-47-25-19-39-71(87)64-51-53-75-73-41-17-23-45-81(73)98(83(75)59-64,68-34-12-4-13-35-68)69-36-14-5-15-37-69)94-85(57-55-79-77-43-21-27-49-91(77)103-96(79)94)99(92)84-56-54-78-76-42-20-26-48-90(76)102-95(78)93(84)100(88)86-46-24-18-38-70(86)63-50-52-74-72-40-16-22-44-80(72)97(82(74)58-63,66-30-8-2-9-31-66)67-32-10-3-11-33-67/h1-61H. The van der Waals surface area contributed by atoms with E-state index >= 15 is 0 Å². The Bertz CT molecular complexity index is 6070. The maximum atomic E-state index is 7.45. The summed E-state index contributed by atoms with van der Waals surface area (Å²) < 4.78 is 14.9. The van der Waals surface area contributed by atoms with E-state index in [1.807, 2.05) is 0 Å². The fourth-order valence-electron chi connectivity index (χ4n) is 18.9. The van der Waals surface area contributed by atoms with E-state index in [0.717, 1.165) is 122 Å². The molecule has 4 nitrogen and oxygen atoms in total. The third kappa shape index (κ3) is 8.02. The molecule has 18 aromatic rings. The summed E-state index contributed by atoms with van der Waals surface area (Å²) in [6.45, 7) is -0.298. The Hall–Kier alpha value is -13.2. The van der Waals surface area contributed by atoms with E-state index < -0.39 is 10.8 Å². The van der Waals surface area contributed by atoms with E-state index in [2.05, 4.69) is 380 Å². The number of benzene rings is 16. The number of anilines is 6. The smallest absolute Gasteiger partial charge is 0.252 e. The number of furan rings is 2. The predicted octanol–water partition coefficient (Wildman–Crippen LogP) is 23.3. The lowest BCUT2D eigenvalue weighted by Crippen LogP contribution is -2.61. The molecule has 0 amide bonds. The number of para-hydroxylation sites is 4. The first-order chi connectivity index (χ1) is 51.1. The van der Waals surface area contributed by atoms with Gasteiger partial charge in [0.05, 0.1) is 33.6 Å². The Balaban J connectivity index is 0.837. The molecule has 0 saturated carbocycles. The molecule has 0 radical (unpaired) electrons. The lowest BCUT2D eigenvalue weighted by molar-refractivity contribution is 0.669. The van der Waals surface area contributed by atoms with Gasteiger partial charge in [0.25, 0.3) is 6.71 Å². The van der Waals surface area contributed by atoms with Gasteiger partial charge in [0.15, 0.2) is 11.2 Å². The minimum absolute atomic E-state index is 0.298. The van der Waals surface area contributed by atoms with Crippen molar-refractivity contribution >= 4 is 101 Å². The Morgan fingerprint density at radius 3 is 1.01 bits per heavy atom. The summed E-state index contributed by atoms with van der Waals surface area (Å²) >= 11 is 0.